The van der Waals surface area contributed by atoms with Crippen LogP contribution >= 0.6 is 0 Å². The first kappa shape index (κ1) is 25.3. The number of amides is 2. The van der Waals surface area contributed by atoms with Crippen molar-refractivity contribution in [3.63, 3.8) is 0 Å². The van der Waals surface area contributed by atoms with Gasteiger partial charge in [0.1, 0.15) is 6.04 Å². The van der Waals surface area contributed by atoms with Crippen LogP contribution in [0.1, 0.15) is 31.4 Å². The highest BCUT2D eigenvalue weighted by Gasteiger charge is 2.25. The highest BCUT2D eigenvalue weighted by molar-refractivity contribution is 7.89. The number of nitrogens with zero attached hydrogens (tertiary/aromatic N) is 1. The largest absolute Gasteiger partial charge is 0.351 e. The summed E-state index contributed by atoms with van der Waals surface area (Å²) in [5, 5.41) is 2.74. The molecule has 2 amide bonds. The minimum atomic E-state index is -3.51. The Balaban J connectivity index is 2.10. The summed E-state index contributed by atoms with van der Waals surface area (Å²) in [7, 11) is -3.51. The molecule has 0 radical (unpaired) electrons. The summed E-state index contributed by atoms with van der Waals surface area (Å²) in [6.45, 7) is 7.99. The summed E-state index contributed by atoms with van der Waals surface area (Å²) in [6.07, 6.45) is 2.23. The maximum absolute atomic E-state index is 13.1. The van der Waals surface area contributed by atoms with E-state index in [0.717, 1.165) is 11.1 Å². The fraction of sp³-hybridized carbons (Fsp3) is 0.333. The van der Waals surface area contributed by atoms with Crippen molar-refractivity contribution in [1.29, 1.82) is 0 Å². The average molecular weight is 458 g/mol. The van der Waals surface area contributed by atoms with Crippen molar-refractivity contribution >= 4 is 21.8 Å². The SMILES string of the molecule is C=CCNC(=O)[C@H](C)N(Cc1ccccc1)C(=O)CCc1ccc(S(=O)(=O)NCC)cc1. The number of benzene rings is 2. The molecule has 0 aliphatic rings. The summed E-state index contributed by atoms with van der Waals surface area (Å²) in [5.74, 6) is -0.397. The standard InChI is InChI=1S/C24H31N3O4S/c1-4-17-25-24(29)19(3)27(18-21-9-7-6-8-10-21)23(28)16-13-20-11-14-22(15-12-20)32(30,31)26-5-2/h4,6-12,14-15,19,26H,1,5,13,16-18H2,2-3H3,(H,25,29)/t19-/m0/s1. The molecular weight excluding hydrogens is 426 g/mol. The highest BCUT2D eigenvalue weighted by Crippen LogP contribution is 2.15. The zero-order valence-electron chi connectivity index (χ0n) is 18.6. The van der Waals surface area contributed by atoms with E-state index in [-0.39, 0.29) is 23.1 Å². The molecule has 0 saturated heterocycles. The fourth-order valence-corrected chi connectivity index (χ4v) is 4.23. The van der Waals surface area contributed by atoms with E-state index in [4.69, 9.17) is 0 Å². The Morgan fingerprint density at radius 3 is 2.31 bits per heavy atom. The van der Waals surface area contributed by atoms with Crippen molar-refractivity contribution in [1.82, 2.24) is 14.9 Å². The molecule has 8 heteroatoms. The summed E-state index contributed by atoms with van der Waals surface area (Å²) in [4.78, 5) is 27.3. The number of carbonyl (C=O) groups excluding carboxylic acids is 2. The van der Waals surface area contributed by atoms with Gasteiger partial charge in [-0.3, -0.25) is 9.59 Å². The van der Waals surface area contributed by atoms with Gasteiger partial charge < -0.3 is 10.2 Å². The van der Waals surface area contributed by atoms with Gasteiger partial charge in [-0.25, -0.2) is 13.1 Å². The van der Waals surface area contributed by atoms with E-state index < -0.39 is 16.1 Å². The molecule has 0 bridgehead atoms. The Bertz CT molecular complexity index is 1010. The molecule has 2 N–H and O–H groups in total. The summed E-state index contributed by atoms with van der Waals surface area (Å²) in [6, 6.07) is 15.4. The second-order valence-electron chi connectivity index (χ2n) is 7.36. The van der Waals surface area contributed by atoms with Crippen LogP contribution in [0, 0.1) is 0 Å². The number of carbonyl (C=O) groups is 2. The molecule has 0 fully saturated rings. The first-order valence-electron chi connectivity index (χ1n) is 10.6. The molecule has 0 saturated carbocycles. The van der Waals surface area contributed by atoms with Crippen molar-refractivity contribution in [3.05, 3.63) is 78.4 Å². The van der Waals surface area contributed by atoms with E-state index in [2.05, 4.69) is 16.6 Å². The van der Waals surface area contributed by atoms with Crippen LogP contribution in [-0.2, 0) is 32.6 Å². The minimum absolute atomic E-state index is 0.153. The van der Waals surface area contributed by atoms with E-state index in [1.54, 1.807) is 37.0 Å². The Kier molecular flexibility index (Phi) is 9.61. The van der Waals surface area contributed by atoms with Gasteiger partial charge in [-0.15, -0.1) is 6.58 Å². The van der Waals surface area contributed by atoms with Gasteiger partial charge in [0, 0.05) is 26.1 Å². The van der Waals surface area contributed by atoms with Gasteiger partial charge in [-0.2, -0.15) is 0 Å². The molecule has 2 aromatic carbocycles. The first-order chi connectivity index (χ1) is 15.3. The fourth-order valence-electron chi connectivity index (χ4n) is 3.19. The van der Waals surface area contributed by atoms with E-state index in [9.17, 15) is 18.0 Å². The molecule has 7 nitrogen and oxygen atoms in total. The normalized spacial score (nSPS) is 12.1. The van der Waals surface area contributed by atoms with Crippen molar-refractivity contribution in [2.45, 2.75) is 44.2 Å². The topological polar surface area (TPSA) is 95.6 Å². The lowest BCUT2D eigenvalue weighted by atomic mass is 10.1. The summed E-state index contributed by atoms with van der Waals surface area (Å²) >= 11 is 0. The van der Waals surface area contributed by atoms with Crippen molar-refractivity contribution in [3.8, 4) is 0 Å². The molecule has 0 aliphatic heterocycles. The van der Waals surface area contributed by atoms with E-state index in [0.29, 0.717) is 26.1 Å². The van der Waals surface area contributed by atoms with Gasteiger partial charge in [-0.1, -0.05) is 55.5 Å². The number of hydrogen-bond donors (Lipinski definition) is 2. The van der Waals surface area contributed by atoms with Crippen LogP contribution in [-0.4, -0.2) is 44.3 Å². The zero-order valence-corrected chi connectivity index (χ0v) is 19.4. The van der Waals surface area contributed by atoms with Crippen LogP contribution < -0.4 is 10.0 Å². The molecule has 0 heterocycles. The Labute approximate surface area is 190 Å². The lowest BCUT2D eigenvalue weighted by Crippen LogP contribution is -2.47. The van der Waals surface area contributed by atoms with Crippen LogP contribution in [0.3, 0.4) is 0 Å². The predicted molar refractivity (Wildman–Crippen MR) is 125 cm³/mol. The van der Waals surface area contributed by atoms with Gasteiger partial charge in [0.05, 0.1) is 4.90 Å². The lowest BCUT2D eigenvalue weighted by Gasteiger charge is -2.29. The highest BCUT2D eigenvalue weighted by atomic mass is 32.2. The van der Waals surface area contributed by atoms with Gasteiger partial charge in [0.25, 0.3) is 0 Å². The molecular formula is C24H31N3O4S. The second kappa shape index (κ2) is 12.2. The van der Waals surface area contributed by atoms with E-state index >= 15 is 0 Å². The predicted octanol–water partition coefficient (Wildman–Crippen LogP) is 2.64. The maximum Gasteiger partial charge on any atom is 0.242 e. The molecule has 0 aromatic heterocycles. The zero-order chi connectivity index (χ0) is 23.6. The van der Waals surface area contributed by atoms with Crippen LogP contribution in [0.15, 0.2) is 72.1 Å². The average Bonchev–Trinajstić information content (AvgIpc) is 2.80. The number of rotatable bonds is 12. The summed E-state index contributed by atoms with van der Waals surface area (Å²) in [5.41, 5.74) is 1.78. The number of aryl methyl sites for hydroxylation is 1. The lowest BCUT2D eigenvalue weighted by molar-refractivity contribution is -0.140. The number of sulfonamides is 1. The van der Waals surface area contributed by atoms with Crippen molar-refractivity contribution in [2.24, 2.45) is 0 Å². The molecule has 32 heavy (non-hydrogen) atoms. The third kappa shape index (κ3) is 7.32. The molecule has 0 aliphatic carbocycles. The van der Waals surface area contributed by atoms with Gasteiger partial charge in [0.15, 0.2) is 0 Å². The van der Waals surface area contributed by atoms with Gasteiger partial charge >= 0.3 is 0 Å². The third-order valence-corrected chi connectivity index (χ3v) is 6.54. The van der Waals surface area contributed by atoms with Crippen LogP contribution in [0.4, 0.5) is 0 Å². The van der Waals surface area contributed by atoms with E-state index in [1.807, 2.05) is 30.3 Å². The van der Waals surface area contributed by atoms with Gasteiger partial charge in [-0.05, 0) is 36.6 Å². The van der Waals surface area contributed by atoms with E-state index in [1.165, 1.54) is 12.1 Å². The third-order valence-electron chi connectivity index (χ3n) is 4.98. The molecule has 0 unspecified atom stereocenters. The Morgan fingerprint density at radius 1 is 1.06 bits per heavy atom. The monoisotopic (exact) mass is 457 g/mol. The van der Waals surface area contributed by atoms with Crippen LogP contribution in [0.2, 0.25) is 0 Å². The van der Waals surface area contributed by atoms with Crippen LogP contribution in [0.25, 0.3) is 0 Å². The first-order valence-corrected chi connectivity index (χ1v) is 12.1. The quantitative estimate of drug-likeness (QED) is 0.479. The van der Waals surface area contributed by atoms with Crippen molar-refractivity contribution in [2.75, 3.05) is 13.1 Å². The van der Waals surface area contributed by atoms with Crippen molar-refractivity contribution < 1.29 is 18.0 Å². The Morgan fingerprint density at radius 2 is 1.72 bits per heavy atom. The van der Waals surface area contributed by atoms with Crippen LogP contribution in [0.5, 0.6) is 0 Å². The minimum Gasteiger partial charge on any atom is -0.351 e. The number of hydrogen-bond acceptors (Lipinski definition) is 4. The second-order valence-corrected chi connectivity index (χ2v) is 9.13. The molecule has 2 aromatic rings. The molecule has 2 rings (SSSR count). The smallest absolute Gasteiger partial charge is 0.242 e. The Hall–Kier alpha value is -2.97. The number of nitrogens with one attached hydrogen (secondary N) is 2. The molecule has 0 spiro atoms. The molecule has 172 valence electrons. The maximum atomic E-state index is 13.1. The van der Waals surface area contributed by atoms with Gasteiger partial charge in [0.2, 0.25) is 21.8 Å². The summed E-state index contributed by atoms with van der Waals surface area (Å²) < 4.78 is 26.6. The molecule has 1 atom stereocenters.